The second-order valence-electron chi connectivity index (χ2n) is 20.1. The first kappa shape index (κ1) is 46.2. The van der Waals surface area contributed by atoms with Crippen LogP contribution < -0.4 is 0 Å². The van der Waals surface area contributed by atoms with Crippen molar-refractivity contribution in [2.45, 2.75) is 55.4 Å². The predicted octanol–water partition coefficient (Wildman–Crippen LogP) is 20.1. The van der Waals surface area contributed by atoms with Gasteiger partial charge < -0.3 is 0 Å². The molecule has 11 aromatic rings. The van der Waals surface area contributed by atoms with E-state index in [4.69, 9.17) is 0 Å². The molecular formula is C70H56F2. The first-order valence-corrected chi connectivity index (χ1v) is 24.9. The molecule has 0 atom stereocenters. The SMILES string of the molecule is Cc1ccc(-c2c(-c3ccc(C)cc3)c(-c3ccc(C)cc3)c3c(F)c4c(-c5ccc(C)cc5)c(-c5ccc(C)cc5)c(-c5ccc(C)cc5)c(-c5ccc(C)cc5)c4c(F)c3c2-c2ccc(C)cc2)cc1. The van der Waals surface area contributed by atoms with Gasteiger partial charge in [0.15, 0.2) is 0 Å². The van der Waals surface area contributed by atoms with Crippen molar-refractivity contribution in [3.63, 3.8) is 0 Å². The molecule has 0 fully saturated rings. The summed E-state index contributed by atoms with van der Waals surface area (Å²) in [6, 6.07) is 67.2. The van der Waals surface area contributed by atoms with Crippen molar-refractivity contribution in [2.24, 2.45) is 0 Å². The summed E-state index contributed by atoms with van der Waals surface area (Å²) in [5.74, 6) is -0.941. The third kappa shape index (κ3) is 8.11. The highest BCUT2D eigenvalue weighted by Gasteiger charge is 2.34. The molecule has 0 aromatic heterocycles. The fourth-order valence-electron chi connectivity index (χ4n) is 10.7. The van der Waals surface area contributed by atoms with Crippen LogP contribution in [-0.2, 0) is 0 Å². The Morgan fingerprint density at radius 2 is 0.278 bits per heavy atom. The Morgan fingerprint density at radius 1 is 0.167 bits per heavy atom. The first-order valence-electron chi connectivity index (χ1n) is 24.9. The van der Waals surface area contributed by atoms with E-state index in [0.717, 1.165) is 111 Å². The van der Waals surface area contributed by atoms with E-state index in [1.165, 1.54) is 0 Å². The Kier molecular flexibility index (Phi) is 11.9. The van der Waals surface area contributed by atoms with Gasteiger partial charge in [-0.15, -0.1) is 0 Å². The van der Waals surface area contributed by atoms with Crippen LogP contribution in [0.3, 0.4) is 0 Å². The highest BCUT2D eigenvalue weighted by atomic mass is 19.1. The van der Waals surface area contributed by atoms with Crippen LogP contribution in [0.5, 0.6) is 0 Å². The molecule has 0 aliphatic rings. The second kappa shape index (κ2) is 18.5. The molecule has 0 aliphatic carbocycles. The van der Waals surface area contributed by atoms with Crippen LogP contribution in [0.25, 0.3) is 111 Å². The summed E-state index contributed by atoms with van der Waals surface area (Å²) in [6.45, 7) is 16.6. The number of hydrogen-bond acceptors (Lipinski definition) is 0. The standard InChI is InChI=1S/C70H56F2/c1-41-9-25-49(26-10-41)57-58(50-27-11-42(2)12-28-50)62(54-35-19-46(6)20-36-54)66-65(61(57)53-33-17-45(5)18-34-53)69(71)67-63(55-37-21-47(7)22-38-55)59(51-29-13-43(3)14-30-51)60(52-31-15-44(4)16-32-52)64(68(67)70(66)72)56-39-23-48(8)24-40-56/h9-40H,1-8H3. The highest BCUT2D eigenvalue weighted by Crippen LogP contribution is 2.58. The van der Waals surface area contributed by atoms with Gasteiger partial charge in [-0.3, -0.25) is 0 Å². The number of rotatable bonds is 8. The monoisotopic (exact) mass is 934 g/mol. The van der Waals surface area contributed by atoms with E-state index in [-0.39, 0.29) is 21.5 Å². The van der Waals surface area contributed by atoms with Gasteiger partial charge >= 0.3 is 0 Å². The lowest BCUT2D eigenvalue weighted by atomic mass is 9.74. The van der Waals surface area contributed by atoms with Crippen LogP contribution in [-0.4, -0.2) is 0 Å². The predicted molar refractivity (Wildman–Crippen MR) is 303 cm³/mol. The summed E-state index contributed by atoms with van der Waals surface area (Å²) in [6.07, 6.45) is 0. The number of benzene rings is 11. The van der Waals surface area contributed by atoms with Gasteiger partial charge in [0.05, 0.1) is 0 Å². The Balaban J connectivity index is 1.52. The second-order valence-corrected chi connectivity index (χ2v) is 20.1. The third-order valence-electron chi connectivity index (χ3n) is 14.6. The quantitative estimate of drug-likeness (QED) is 0.133. The van der Waals surface area contributed by atoms with Crippen LogP contribution in [0.15, 0.2) is 194 Å². The summed E-state index contributed by atoms with van der Waals surface area (Å²) in [4.78, 5) is 0. The average Bonchev–Trinajstić information content (AvgIpc) is 3.38. The van der Waals surface area contributed by atoms with Crippen molar-refractivity contribution in [3.8, 4) is 89.0 Å². The zero-order valence-corrected chi connectivity index (χ0v) is 42.2. The summed E-state index contributed by atoms with van der Waals surface area (Å²) >= 11 is 0. The van der Waals surface area contributed by atoms with E-state index in [9.17, 15) is 0 Å². The minimum absolute atomic E-state index is 0.243. The maximum absolute atomic E-state index is 20.3. The van der Waals surface area contributed by atoms with Crippen molar-refractivity contribution >= 4 is 21.5 Å². The fraction of sp³-hybridized carbons (Fsp3) is 0.114. The molecule has 72 heavy (non-hydrogen) atoms. The molecular weight excluding hydrogens is 879 g/mol. The minimum Gasteiger partial charge on any atom is -0.206 e. The lowest BCUT2D eigenvalue weighted by Gasteiger charge is -2.29. The van der Waals surface area contributed by atoms with E-state index in [1.54, 1.807) is 0 Å². The zero-order valence-electron chi connectivity index (χ0n) is 42.2. The maximum atomic E-state index is 20.3. The smallest absolute Gasteiger partial charge is 0.140 e. The van der Waals surface area contributed by atoms with Crippen molar-refractivity contribution in [3.05, 3.63) is 250 Å². The maximum Gasteiger partial charge on any atom is 0.140 e. The average molecular weight is 935 g/mol. The van der Waals surface area contributed by atoms with Crippen molar-refractivity contribution < 1.29 is 8.78 Å². The molecule has 0 saturated heterocycles. The molecule has 0 saturated carbocycles. The van der Waals surface area contributed by atoms with Crippen molar-refractivity contribution in [2.75, 3.05) is 0 Å². The summed E-state index contributed by atoms with van der Waals surface area (Å²) < 4.78 is 40.7. The van der Waals surface area contributed by atoms with Crippen LogP contribution in [0.1, 0.15) is 44.5 Å². The van der Waals surface area contributed by atoms with Gasteiger partial charge in [0.1, 0.15) is 11.6 Å². The third-order valence-corrected chi connectivity index (χ3v) is 14.6. The summed E-state index contributed by atoms with van der Waals surface area (Å²) in [5, 5.41) is 0.970. The lowest BCUT2D eigenvalue weighted by Crippen LogP contribution is -2.05. The van der Waals surface area contributed by atoms with Gasteiger partial charge in [-0.2, -0.15) is 0 Å². The van der Waals surface area contributed by atoms with E-state index in [2.05, 4.69) is 250 Å². The van der Waals surface area contributed by atoms with Gasteiger partial charge in [0.25, 0.3) is 0 Å². The zero-order chi connectivity index (χ0) is 49.9. The van der Waals surface area contributed by atoms with Crippen LogP contribution in [0, 0.1) is 67.0 Å². The largest absolute Gasteiger partial charge is 0.206 e. The number of hydrogen-bond donors (Lipinski definition) is 0. The van der Waals surface area contributed by atoms with Gasteiger partial charge in [-0.25, -0.2) is 8.78 Å². The van der Waals surface area contributed by atoms with E-state index in [0.29, 0.717) is 22.3 Å². The Morgan fingerprint density at radius 3 is 0.403 bits per heavy atom. The molecule has 0 N–H and O–H groups in total. The molecule has 0 heterocycles. The van der Waals surface area contributed by atoms with Crippen molar-refractivity contribution in [1.29, 1.82) is 0 Å². The summed E-state index contributed by atoms with van der Waals surface area (Å²) in [5.41, 5.74) is 21.5. The van der Waals surface area contributed by atoms with Crippen LogP contribution in [0.4, 0.5) is 8.78 Å². The normalized spacial score (nSPS) is 11.5. The number of fused-ring (bicyclic) bond motifs is 2. The molecule has 0 amide bonds. The summed E-state index contributed by atoms with van der Waals surface area (Å²) in [7, 11) is 0. The molecule has 0 radical (unpaired) electrons. The van der Waals surface area contributed by atoms with Gasteiger partial charge in [0.2, 0.25) is 0 Å². The molecule has 350 valence electrons. The Labute approximate surface area is 423 Å². The first-order chi connectivity index (χ1) is 34.8. The number of aryl methyl sites for hydroxylation is 8. The topological polar surface area (TPSA) is 0 Å². The molecule has 0 nitrogen and oxygen atoms in total. The Hall–Kier alpha value is -8.20. The minimum atomic E-state index is -0.470. The van der Waals surface area contributed by atoms with E-state index in [1.807, 2.05) is 0 Å². The highest BCUT2D eigenvalue weighted by molar-refractivity contribution is 6.27. The fourth-order valence-corrected chi connectivity index (χ4v) is 10.7. The molecule has 0 unspecified atom stereocenters. The molecule has 0 spiro atoms. The molecule has 2 heteroatoms. The van der Waals surface area contributed by atoms with Gasteiger partial charge in [-0.05, 0) is 122 Å². The lowest BCUT2D eigenvalue weighted by molar-refractivity contribution is 0.635. The number of halogens is 2. The van der Waals surface area contributed by atoms with Gasteiger partial charge in [0, 0.05) is 43.8 Å². The molecule has 11 rings (SSSR count). The van der Waals surface area contributed by atoms with E-state index >= 15 is 8.78 Å². The molecule has 0 aliphatic heterocycles. The van der Waals surface area contributed by atoms with Gasteiger partial charge in [-0.1, -0.05) is 239 Å². The van der Waals surface area contributed by atoms with E-state index < -0.39 is 11.6 Å². The molecule has 11 aromatic carbocycles. The van der Waals surface area contributed by atoms with Crippen LogP contribution >= 0.6 is 0 Å². The van der Waals surface area contributed by atoms with Crippen LogP contribution in [0.2, 0.25) is 0 Å². The Bertz CT molecular complexity index is 3330. The molecule has 0 bridgehead atoms. The van der Waals surface area contributed by atoms with Crippen molar-refractivity contribution in [1.82, 2.24) is 0 Å².